The minimum Gasteiger partial charge on any atom is -0.306 e. The summed E-state index contributed by atoms with van der Waals surface area (Å²) in [6.07, 6.45) is 2.07. The van der Waals surface area contributed by atoms with E-state index in [1.165, 1.54) is 16.5 Å². The van der Waals surface area contributed by atoms with E-state index < -0.39 is 0 Å². The smallest absolute Gasteiger partial charge is 0.123 e. The van der Waals surface area contributed by atoms with Crippen molar-refractivity contribution in [2.75, 3.05) is 12.8 Å². The summed E-state index contributed by atoms with van der Waals surface area (Å²) in [4.78, 5) is 1.22. The normalized spacial score (nSPS) is 12.4. The zero-order valence-corrected chi connectivity index (χ0v) is 12.9. The SMILES string of the molecule is CCNC(c1cc(F)ccc1C)c1ccccc1SC. The molecule has 0 spiro atoms. The van der Waals surface area contributed by atoms with Gasteiger partial charge in [0.2, 0.25) is 0 Å². The minimum absolute atomic E-state index is 0.0272. The van der Waals surface area contributed by atoms with Crippen molar-refractivity contribution in [1.82, 2.24) is 5.32 Å². The fourth-order valence-electron chi connectivity index (χ4n) is 2.42. The van der Waals surface area contributed by atoms with Crippen LogP contribution in [0.1, 0.15) is 29.7 Å². The highest BCUT2D eigenvalue weighted by Crippen LogP contribution is 2.31. The van der Waals surface area contributed by atoms with Crippen LogP contribution < -0.4 is 5.32 Å². The lowest BCUT2D eigenvalue weighted by Gasteiger charge is -2.23. The van der Waals surface area contributed by atoms with Gasteiger partial charge in [0.15, 0.2) is 0 Å². The van der Waals surface area contributed by atoms with Crippen molar-refractivity contribution in [3.05, 3.63) is 65.0 Å². The molecule has 0 aliphatic heterocycles. The first-order chi connectivity index (χ1) is 9.67. The van der Waals surface area contributed by atoms with Gasteiger partial charge < -0.3 is 5.32 Å². The second-order valence-corrected chi connectivity index (χ2v) is 5.58. The molecule has 1 atom stereocenters. The molecule has 0 fully saturated rings. The number of rotatable bonds is 5. The lowest BCUT2D eigenvalue weighted by molar-refractivity contribution is 0.596. The van der Waals surface area contributed by atoms with E-state index in [0.717, 1.165) is 17.7 Å². The molecular weight excluding hydrogens is 269 g/mol. The van der Waals surface area contributed by atoms with E-state index in [0.29, 0.717) is 0 Å². The Hall–Kier alpha value is -1.32. The Morgan fingerprint density at radius 2 is 1.90 bits per heavy atom. The van der Waals surface area contributed by atoms with Crippen LogP contribution in [0.15, 0.2) is 47.4 Å². The van der Waals surface area contributed by atoms with Crippen molar-refractivity contribution < 1.29 is 4.39 Å². The molecule has 1 nitrogen and oxygen atoms in total. The number of hydrogen-bond acceptors (Lipinski definition) is 2. The molecule has 0 heterocycles. The highest BCUT2D eigenvalue weighted by Gasteiger charge is 2.18. The second kappa shape index (κ2) is 6.91. The van der Waals surface area contributed by atoms with Gasteiger partial charge in [-0.3, -0.25) is 0 Å². The zero-order chi connectivity index (χ0) is 14.5. The lowest BCUT2D eigenvalue weighted by Crippen LogP contribution is -2.23. The first kappa shape index (κ1) is 15.1. The van der Waals surface area contributed by atoms with Crippen LogP contribution in [-0.2, 0) is 0 Å². The molecule has 20 heavy (non-hydrogen) atoms. The maximum Gasteiger partial charge on any atom is 0.123 e. The number of hydrogen-bond donors (Lipinski definition) is 1. The number of aryl methyl sites for hydroxylation is 1. The van der Waals surface area contributed by atoms with Crippen LogP contribution in [0, 0.1) is 12.7 Å². The fraction of sp³-hybridized carbons (Fsp3) is 0.294. The predicted molar refractivity (Wildman–Crippen MR) is 84.9 cm³/mol. The van der Waals surface area contributed by atoms with Gasteiger partial charge in [0.05, 0.1) is 6.04 Å². The molecule has 1 N–H and O–H groups in total. The van der Waals surface area contributed by atoms with Crippen molar-refractivity contribution in [1.29, 1.82) is 0 Å². The third-order valence-electron chi connectivity index (χ3n) is 3.41. The third kappa shape index (κ3) is 3.22. The van der Waals surface area contributed by atoms with E-state index >= 15 is 0 Å². The van der Waals surface area contributed by atoms with Crippen LogP contribution in [0.2, 0.25) is 0 Å². The maximum atomic E-state index is 13.6. The van der Waals surface area contributed by atoms with E-state index in [9.17, 15) is 4.39 Å². The highest BCUT2D eigenvalue weighted by molar-refractivity contribution is 7.98. The Bertz CT molecular complexity index is 583. The summed E-state index contributed by atoms with van der Waals surface area (Å²) in [5.41, 5.74) is 3.32. The predicted octanol–water partition coefficient (Wildman–Crippen LogP) is 4.55. The van der Waals surface area contributed by atoms with Gasteiger partial charge in [0.1, 0.15) is 5.82 Å². The largest absolute Gasteiger partial charge is 0.306 e. The van der Waals surface area contributed by atoms with Crippen molar-refractivity contribution >= 4 is 11.8 Å². The fourth-order valence-corrected chi connectivity index (χ4v) is 3.06. The summed E-state index contributed by atoms with van der Waals surface area (Å²) in [6, 6.07) is 13.3. The molecule has 0 saturated carbocycles. The van der Waals surface area contributed by atoms with E-state index in [1.807, 2.05) is 25.1 Å². The topological polar surface area (TPSA) is 12.0 Å². The van der Waals surface area contributed by atoms with Gasteiger partial charge in [-0.15, -0.1) is 11.8 Å². The molecule has 2 rings (SSSR count). The molecule has 106 valence electrons. The van der Waals surface area contributed by atoms with Crippen molar-refractivity contribution in [2.24, 2.45) is 0 Å². The molecule has 0 saturated heterocycles. The summed E-state index contributed by atoms with van der Waals surface area (Å²) < 4.78 is 13.6. The van der Waals surface area contributed by atoms with Crippen LogP contribution in [0.5, 0.6) is 0 Å². The van der Waals surface area contributed by atoms with Gasteiger partial charge in [-0.25, -0.2) is 4.39 Å². The van der Waals surface area contributed by atoms with E-state index in [1.54, 1.807) is 17.8 Å². The molecule has 0 radical (unpaired) electrons. The molecular formula is C17H20FNS. The van der Waals surface area contributed by atoms with Gasteiger partial charge >= 0.3 is 0 Å². The Kier molecular flexibility index (Phi) is 5.21. The number of benzene rings is 2. The number of halogens is 1. The summed E-state index contributed by atoms with van der Waals surface area (Å²) >= 11 is 1.72. The Balaban J connectivity index is 2.53. The zero-order valence-electron chi connectivity index (χ0n) is 12.1. The Morgan fingerprint density at radius 3 is 2.60 bits per heavy atom. The molecule has 0 bridgehead atoms. The van der Waals surface area contributed by atoms with Gasteiger partial charge in [-0.05, 0) is 54.6 Å². The summed E-state index contributed by atoms with van der Waals surface area (Å²) in [6.45, 7) is 4.94. The van der Waals surface area contributed by atoms with Gasteiger partial charge in [0.25, 0.3) is 0 Å². The molecule has 2 aromatic rings. The molecule has 0 aromatic heterocycles. The van der Waals surface area contributed by atoms with Crippen LogP contribution in [-0.4, -0.2) is 12.8 Å². The molecule has 0 aliphatic carbocycles. The molecule has 0 amide bonds. The van der Waals surface area contributed by atoms with E-state index in [2.05, 4.69) is 30.6 Å². The van der Waals surface area contributed by atoms with Crippen LogP contribution in [0.3, 0.4) is 0 Å². The summed E-state index contributed by atoms with van der Waals surface area (Å²) in [5, 5.41) is 3.48. The monoisotopic (exact) mass is 289 g/mol. The van der Waals surface area contributed by atoms with Crippen LogP contribution >= 0.6 is 11.8 Å². The van der Waals surface area contributed by atoms with Crippen LogP contribution in [0.4, 0.5) is 4.39 Å². The first-order valence-corrected chi connectivity index (χ1v) is 8.02. The maximum absolute atomic E-state index is 13.6. The minimum atomic E-state index is -0.185. The quantitative estimate of drug-likeness (QED) is 0.810. The van der Waals surface area contributed by atoms with Gasteiger partial charge in [-0.1, -0.05) is 31.2 Å². The van der Waals surface area contributed by atoms with Gasteiger partial charge in [-0.2, -0.15) is 0 Å². The molecule has 2 aromatic carbocycles. The average Bonchev–Trinajstić information content (AvgIpc) is 2.47. The standard InChI is InChI=1S/C17H20FNS/c1-4-19-17(14-7-5-6-8-16(14)20-3)15-11-13(18)10-9-12(15)2/h5-11,17,19H,4H2,1-3H3. The second-order valence-electron chi connectivity index (χ2n) is 4.73. The van der Waals surface area contributed by atoms with Gasteiger partial charge in [0, 0.05) is 4.90 Å². The summed E-state index contributed by atoms with van der Waals surface area (Å²) in [5.74, 6) is -0.185. The number of nitrogens with one attached hydrogen (secondary N) is 1. The van der Waals surface area contributed by atoms with Crippen molar-refractivity contribution in [3.8, 4) is 0 Å². The first-order valence-electron chi connectivity index (χ1n) is 6.79. The molecule has 1 unspecified atom stereocenters. The van der Waals surface area contributed by atoms with E-state index in [4.69, 9.17) is 0 Å². The van der Waals surface area contributed by atoms with Crippen LogP contribution in [0.25, 0.3) is 0 Å². The molecule has 0 aliphatic rings. The number of thioether (sulfide) groups is 1. The molecule has 3 heteroatoms. The third-order valence-corrected chi connectivity index (χ3v) is 4.22. The summed E-state index contributed by atoms with van der Waals surface area (Å²) in [7, 11) is 0. The van der Waals surface area contributed by atoms with Crippen molar-refractivity contribution in [3.63, 3.8) is 0 Å². The highest BCUT2D eigenvalue weighted by atomic mass is 32.2. The Labute approximate surface area is 124 Å². The van der Waals surface area contributed by atoms with Crippen molar-refractivity contribution in [2.45, 2.75) is 24.8 Å². The lowest BCUT2D eigenvalue weighted by atomic mass is 9.94. The Morgan fingerprint density at radius 1 is 1.15 bits per heavy atom. The average molecular weight is 289 g/mol. The van der Waals surface area contributed by atoms with E-state index in [-0.39, 0.29) is 11.9 Å².